The molecule has 2 rings (SSSR count). The molecular formula is C17H18ClNO. The summed E-state index contributed by atoms with van der Waals surface area (Å²) >= 11 is 5.82. The summed E-state index contributed by atoms with van der Waals surface area (Å²) in [4.78, 5) is 12.4. The highest BCUT2D eigenvalue weighted by atomic mass is 35.5. The van der Waals surface area contributed by atoms with E-state index in [9.17, 15) is 4.79 Å². The molecule has 0 spiro atoms. The molecule has 2 aromatic rings. The molecule has 0 amide bonds. The van der Waals surface area contributed by atoms with Crippen molar-refractivity contribution in [2.75, 3.05) is 5.88 Å². The zero-order chi connectivity index (χ0) is 14.2. The first-order valence-corrected chi connectivity index (χ1v) is 7.27. The second-order valence-corrected chi connectivity index (χ2v) is 5.00. The topological polar surface area (TPSA) is 29.1 Å². The summed E-state index contributed by atoms with van der Waals surface area (Å²) < 4.78 is 0. The molecule has 1 N–H and O–H groups in total. The van der Waals surface area contributed by atoms with E-state index in [0.29, 0.717) is 18.8 Å². The van der Waals surface area contributed by atoms with Gasteiger partial charge in [0.25, 0.3) is 0 Å². The summed E-state index contributed by atoms with van der Waals surface area (Å²) in [5, 5.41) is 3.30. The molecule has 104 valence electrons. The number of ketones is 1. The van der Waals surface area contributed by atoms with E-state index in [1.165, 1.54) is 0 Å². The monoisotopic (exact) mass is 287 g/mol. The lowest BCUT2D eigenvalue weighted by Crippen LogP contribution is -2.36. The van der Waals surface area contributed by atoms with Gasteiger partial charge in [-0.2, -0.15) is 0 Å². The minimum absolute atomic E-state index is 0.0992. The molecular weight excluding hydrogens is 270 g/mol. The quantitative estimate of drug-likeness (QED) is 0.622. The average Bonchev–Trinajstić information content (AvgIpc) is 2.52. The lowest BCUT2D eigenvalue weighted by molar-refractivity contribution is 0.0940. The Morgan fingerprint density at radius 2 is 1.60 bits per heavy atom. The Balaban J connectivity index is 2.02. The molecule has 1 atom stereocenters. The molecule has 0 aromatic heterocycles. The maximum Gasteiger partial charge on any atom is 0.179 e. The predicted molar refractivity (Wildman–Crippen MR) is 83.2 cm³/mol. The third-order valence-corrected chi connectivity index (χ3v) is 3.39. The van der Waals surface area contributed by atoms with E-state index < -0.39 is 0 Å². The first kappa shape index (κ1) is 14.8. The molecule has 0 aliphatic rings. The number of halogens is 1. The van der Waals surface area contributed by atoms with E-state index in [-0.39, 0.29) is 11.8 Å². The second-order valence-electron chi connectivity index (χ2n) is 4.63. The zero-order valence-corrected chi connectivity index (χ0v) is 12.0. The van der Waals surface area contributed by atoms with Gasteiger partial charge in [-0.15, -0.1) is 11.6 Å². The molecule has 0 bridgehead atoms. The van der Waals surface area contributed by atoms with Crippen LogP contribution in [0.5, 0.6) is 0 Å². The maximum absolute atomic E-state index is 12.4. The summed E-state index contributed by atoms with van der Waals surface area (Å²) in [6.07, 6.45) is 0.627. The van der Waals surface area contributed by atoms with Crippen LogP contribution in [-0.2, 0) is 6.54 Å². The fourth-order valence-electron chi connectivity index (χ4n) is 2.08. The Morgan fingerprint density at radius 1 is 1.00 bits per heavy atom. The van der Waals surface area contributed by atoms with Gasteiger partial charge in [0.05, 0.1) is 6.04 Å². The van der Waals surface area contributed by atoms with Gasteiger partial charge in [-0.25, -0.2) is 0 Å². The van der Waals surface area contributed by atoms with Gasteiger partial charge >= 0.3 is 0 Å². The van der Waals surface area contributed by atoms with Crippen LogP contribution in [0.4, 0.5) is 0 Å². The Hall–Kier alpha value is -1.64. The largest absolute Gasteiger partial charge is 0.303 e. The van der Waals surface area contributed by atoms with Gasteiger partial charge in [0, 0.05) is 18.0 Å². The van der Waals surface area contributed by atoms with Crippen molar-refractivity contribution in [3.8, 4) is 0 Å². The Labute approximate surface area is 124 Å². The first-order valence-electron chi connectivity index (χ1n) is 6.74. The predicted octanol–water partition coefficient (Wildman–Crippen LogP) is 3.66. The smallest absolute Gasteiger partial charge is 0.179 e. The maximum atomic E-state index is 12.4. The molecule has 0 saturated carbocycles. The number of carbonyl (C=O) groups is 1. The number of alkyl halides is 1. The number of carbonyl (C=O) groups excluding carboxylic acids is 1. The Bertz CT molecular complexity index is 527. The van der Waals surface area contributed by atoms with Crippen molar-refractivity contribution in [1.82, 2.24) is 5.32 Å². The van der Waals surface area contributed by atoms with Gasteiger partial charge in [0.2, 0.25) is 0 Å². The molecule has 0 radical (unpaired) electrons. The van der Waals surface area contributed by atoms with Crippen LogP contribution in [0.25, 0.3) is 0 Å². The molecule has 2 nitrogen and oxygen atoms in total. The van der Waals surface area contributed by atoms with Gasteiger partial charge in [0.15, 0.2) is 5.78 Å². The van der Waals surface area contributed by atoms with Crippen LogP contribution in [0.2, 0.25) is 0 Å². The third-order valence-electron chi connectivity index (χ3n) is 3.17. The van der Waals surface area contributed by atoms with Crippen molar-refractivity contribution in [1.29, 1.82) is 0 Å². The molecule has 0 aliphatic heterocycles. The molecule has 2 aromatic carbocycles. The van der Waals surface area contributed by atoms with Crippen molar-refractivity contribution < 1.29 is 4.79 Å². The standard InChI is InChI=1S/C17H18ClNO/c18-12-11-16(17(20)15-9-5-2-6-10-15)19-13-14-7-3-1-4-8-14/h1-10,16,19H,11-13H2. The molecule has 20 heavy (non-hydrogen) atoms. The van der Waals surface area contributed by atoms with Crippen LogP contribution >= 0.6 is 11.6 Å². The molecule has 0 heterocycles. The van der Waals surface area contributed by atoms with Crippen LogP contribution in [0.1, 0.15) is 22.3 Å². The van der Waals surface area contributed by atoms with Crippen LogP contribution < -0.4 is 5.32 Å². The molecule has 0 saturated heterocycles. The average molecular weight is 288 g/mol. The van der Waals surface area contributed by atoms with Gasteiger partial charge < -0.3 is 5.32 Å². The zero-order valence-electron chi connectivity index (χ0n) is 11.3. The highest BCUT2D eigenvalue weighted by molar-refractivity contribution is 6.18. The fraction of sp³-hybridized carbons (Fsp3) is 0.235. The van der Waals surface area contributed by atoms with Crippen LogP contribution in [0, 0.1) is 0 Å². The van der Waals surface area contributed by atoms with E-state index in [2.05, 4.69) is 5.32 Å². The van der Waals surface area contributed by atoms with Crippen molar-refractivity contribution >= 4 is 17.4 Å². The normalized spacial score (nSPS) is 12.1. The summed E-state index contributed by atoms with van der Waals surface area (Å²) in [7, 11) is 0. The van der Waals surface area contributed by atoms with Crippen molar-refractivity contribution in [2.45, 2.75) is 19.0 Å². The summed E-state index contributed by atoms with van der Waals surface area (Å²) in [6.45, 7) is 0.668. The molecule has 0 fully saturated rings. The van der Waals surface area contributed by atoms with Crippen molar-refractivity contribution in [3.05, 3.63) is 71.8 Å². The van der Waals surface area contributed by atoms with Gasteiger partial charge in [-0.3, -0.25) is 4.79 Å². The van der Waals surface area contributed by atoms with Gasteiger partial charge in [0.1, 0.15) is 0 Å². The Kier molecular flexibility index (Phi) is 5.78. The molecule has 3 heteroatoms. The van der Waals surface area contributed by atoms with E-state index >= 15 is 0 Å². The molecule has 1 unspecified atom stereocenters. The van der Waals surface area contributed by atoms with E-state index in [1.54, 1.807) is 0 Å². The minimum Gasteiger partial charge on any atom is -0.303 e. The second kappa shape index (κ2) is 7.83. The van der Waals surface area contributed by atoms with Crippen LogP contribution in [0.3, 0.4) is 0 Å². The van der Waals surface area contributed by atoms with Gasteiger partial charge in [-0.1, -0.05) is 60.7 Å². The number of benzene rings is 2. The summed E-state index contributed by atoms with van der Waals surface area (Å²) in [6, 6.07) is 19.1. The third kappa shape index (κ3) is 4.19. The number of hydrogen-bond donors (Lipinski definition) is 1. The minimum atomic E-state index is -0.241. The molecule has 0 aliphatic carbocycles. The SMILES string of the molecule is O=C(c1ccccc1)C(CCCl)NCc1ccccc1. The lowest BCUT2D eigenvalue weighted by atomic mass is 10.0. The van der Waals surface area contributed by atoms with Crippen molar-refractivity contribution in [3.63, 3.8) is 0 Å². The van der Waals surface area contributed by atoms with E-state index in [1.807, 2.05) is 60.7 Å². The van der Waals surface area contributed by atoms with Crippen molar-refractivity contribution in [2.24, 2.45) is 0 Å². The van der Waals surface area contributed by atoms with E-state index in [4.69, 9.17) is 11.6 Å². The highest BCUT2D eigenvalue weighted by Gasteiger charge is 2.18. The number of Topliss-reactive ketones (excluding diaryl/α,β-unsaturated/α-hetero) is 1. The number of rotatable bonds is 7. The number of nitrogens with one attached hydrogen (secondary N) is 1. The number of hydrogen-bond acceptors (Lipinski definition) is 2. The highest BCUT2D eigenvalue weighted by Crippen LogP contribution is 2.08. The lowest BCUT2D eigenvalue weighted by Gasteiger charge is -2.16. The van der Waals surface area contributed by atoms with Crippen LogP contribution in [-0.4, -0.2) is 17.7 Å². The van der Waals surface area contributed by atoms with E-state index in [0.717, 1.165) is 11.1 Å². The van der Waals surface area contributed by atoms with Gasteiger partial charge in [-0.05, 0) is 12.0 Å². The van der Waals surface area contributed by atoms with Crippen LogP contribution in [0.15, 0.2) is 60.7 Å². The fourth-order valence-corrected chi connectivity index (χ4v) is 2.29. The Morgan fingerprint density at radius 3 is 2.20 bits per heavy atom. The first-order chi connectivity index (χ1) is 9.81. The summed E-state index contributed by atoms with van der Waals surface area (Å²) in [5.41, 5.74) is 1.89. The summed E-state index contributed by atoms with van der Waals surface area (Å²) in [5.74, 6) is 0.563.